The molecule has 27 heavy (non-hydrogen) atoms. The minimum absolute atomic E-state index is 0.0438. The molecule has 1 aromatic carbocycles. The number of ether oxygens (including phenoxy) is 1. The first-order valence-electron chi connectivity index (χ1n) is 8.08. The molecule has 1 aliphatic heterocycles. The number of nitrogens with one attached hydrogen (secondary N) is 2. The van der Waals surface area contributed by atoms with Crippen LogP contribution in [0.25, 0.3) is 0 Å². The molecular formula is C17H18N4O5S. The number of piperazine rings is 1. The number of rotatable bonds is 5. The molecule has 0 bridgehead atoms. The average Bonchev–Trinajstić information content (AvgIpc) is 2.68. The number of pyridine rings is 1. The van der Waals surface area contributed by atoms with E-state index in [1.165, 1.54) is 37.6 Å². The Bertz CT molecular complexity index is 960. The van der Waals surface area contributed by atoms with Crippen LogP contribution in [0.5, 0.6) is 5.88 Å². The molecule has 2 N–H and O–H groups in total. The van der Waals surface area contributed by atoms with Crippen LogP contribution >= 0.6 is 0 Å². The van der Waals surface area contributed by atoms with Gasteiger partial charge in [0.25, 0.3) is 5.91 Å². The van der Waals surface area contributed by atoms with Crippen molar-refractivity contribution in [3.8, 4) is 5.88 Å². The Morgan fingerprint density at radius 3 is 2.78 bits per heavy atom. The number of anilines is 1. The summed E-state index contributed by atoms with van der Waals surface area (Å²) >= 11 is 0. The molecule has 1 saturated heterocycles. The van der Waals surface area contributed by atoms with Gasteiger partial charge in [0.2, 0.25) is 21.8 Å². The highest BCUT2D eigenvalue weighted by molar-refractivity contribution is 7.89. The van der Waals surface area contributed by atoms with E-state index in [2.05, 4.69) is 15.6 Å². The van der Waals surface area contributed by atoms with Crippen molar-refractivity contribution in [1.82, 2.24) is 14.6 Å². The van der Waals surface area contributed by atoms with E-state index in [9.17, 15) is 18.0 Å². The van der Waals surface area contributed by atoms with Gasteiger partial charge in [0.05, 0.1) is 30.4 Å². The molecule has 0 unspecified atom stereocenters. The highest BCUT2D eigenvalue weighted by Crippen LogP contribution is 2.19. The van der Waals surface area contributed by atoms with Gasteiger partial charge in [-0.25, -0.2) is 13.4 Å². The number of aromatic nitrogens is 1. The number of carbonyl (C=O) groups excluding carboxylic acids is 2. The molecule has 0 radical (unpaired) electrons. The highest BCUT2D eigenvalue weighted by Gasteiger charge is 2.29. The monoisotopic (exact) mass is 390 g/mol. The van der Waals surface area contributed by atoms with Gasteiger partial charge in [-0.05, 0) is 24.3 Å². The molecule has 10 heteroatoms. The molecule has 2 aromatic rings. The summed E-state index contributed by atoms with van der Waals surface area (Å²) in [5.41, 5.74) is 0.620. The second kappa shape index (κ2) is 7.72. The van der Waals surface area contributed by atoms with Crippen LogP contribution in [0.1, 0.15) is 10.4 Å². The average molecular weight is 390 g/mol. The van der Waals surface area contributed by atoms with Crippen LogP contribution in [0.2, 0.25) is 0 Å². The van der Waals surface area contributed by atoms with E-state index in [0.29, 0.717) is 11.6 Å². The highest BCUT2D eigenvalue weighted by atomic mass is 32.2. The quantitative estimate of drug-likeness (QED) is 0.766. The van der Waals surface area contributed by atoms with Gasteiger partial charge in [0.1, 0.15) is 0 Å². The summed E-state index contributed by atoms with van der Waals surface area (Å²) in [5.74, 6) is -0.423. The largest absolute Gasteiger partial charge is 0.481 e. The van der Waals surface area contributed by atoms with Crippen LogP contribution in [0.3, 0.4) is 0 Å². The van der Waals surface area contributed by atoms with Gasteiger partial charge in [0.15, 0.2) is 0 Å². The van der Waals surface area contributed by atoms with Gasteiger partial charge >= 0.3 is 0 Å². The van der Waals surface area contributed by atoms with Crippen molar-refractivity contribution in [1.29, 1.82) is 0 Å². The molecule has 1 aliphatic rings. The maximum Gasteiger partial charge on any atom is 0.255 e. The number of hydrogen-bond donors (Lipinski definition) is 2. The molecule has 142 valence electrons. The maximum atomic E-state index is 12.7. The van der Waals surface area contributed by atoms with E-state index in [1.807, 2.05) is 0 Å². The second-order valence-electron chi connectivity index (χ2n) is 5.76. The minimum Gasteiger partial charge on any atom is -0.481 e. The predicted octanol–water partition coefficient (Wildman–Crippen LogP) is 0.463. The van der Waals surface area contributed by atoms with Crippen LogP contribution in [0, 0.1) is 0 Å². The third-order valence-electron chi connectivity index (χ3n) is 3.94. The maximum absolute atomic E-state index is 12.7. The summed E-state index contributed by atoms with van der Waals surface area (Å²) in [6.45, 7) is 0.195. The van der Waals surface area contributed by atoms with Crippen molar-refractivity contribution < 1.29 is 22.7 Å². The SMILES string of the molecule is COc1ccc(NC(=O)c2cccc(S(=O)(=O)N3CCNC(=O)C3)c2)cn1. The van der Waals surface area contributed by atoms with Gasteiger partial charge in [-0.3, -0.25) is 9.59 Å². The topological polar surface area (TPSA) is 118 Å². The van der Waals surface area contributed by atoms with Crippen LogP contribution in [0.15, 0.2) is 47.5 Å². The second-order valence-corrected chi connectivity index (χ2v) is 7.70. The standard InChI is InChI=1S/C17H18N4O5S/c1-26-16-6-5-13(10-19-16)20-17(23)12-3-2-4-14(9-12)27(24,25)21-8-7-18-15(22)11-21/h2-6,9-10H,7-8,11H2,1H3,(H,18,22)(H,20,23). The van der Waals surface area contributed by atoms with Crippen LogP contribution in [0.4, 0.5) is 5.69 Å². The number of nitrogens with zero attached hydrogens (tertiary/aromatic N) is 2. The Morgan fingerprint density at radius 1 is 1.30 bits per heavy atom. The lowest BCUT2D eigenvalue weighted by molar-refractivity contribution is -0.122. The summed E-state index contributed by atoms with van der Waals surface area (Å²) in [6.07, 6.45) is 1.43. The fourth-order valence-corrected chi connectivity index (χ4v) is 3.99. The molecule has 9 nitrogen and oxygen atoms in total. The number of carbonyl (C=O) groups is 2. The van der Waals surface area contributed by atoms with Gasteiger partial charge in [-0.1, -0.05) is 6.07 Å². The molecule has 2 heterocycles. The smallest absolute Gasteiger partial charge is 0.255 e. The van der Waals surface area contributed by atoms with E-state index < -0.39 is 15.9 Å². The molecule has 0 atom stereocenters. The lowest BCUT2D eigenvalue weighted by atomic mass is 10.2. The predicted molar refractivity (Wildman–Crippen MR) is 97.0 cm³/mol. The van der Waals surface area contributed by atoms with Crippen molar-refractivity contribution in [2.24, 2.45) is 0 Å². The third kappa shape index (κ3) is 4.23. The molecule has 1 aromatic heterocycles. The number of amides is 2. The normalized spacial score (nSPS) is 15.1. The van der Waals surface area contributed by atoms with Crippen LogP contribution in [-0.2, 0) is 14.8 Å². The van der Waals surface area contributed by atoms with Crippen LogP contribution < -0.4 is 15.4 Å². The zero-order valence-electron chi connectivity index (χ0n) is 14.5. The fraction of sp³-hybridized carbons (Fsp3) is 0.235. The van der Waals surface area contributed by atoms with E-state index in [1.54, 1.807) is 12.1 Å². The zero-order valence-corrected chi connectivity index (χ0v) is 15.3. The van der Waals surface area contributed by atoms with Crippen molar-refractivity contribution in [2.45, 2.75) is 4.90 Å². The Morgan fingerprint density at radius 2 is 2.11 bits per heavy atom. The van der Waals surface area contributed by atoms with Crippen molar-refractivity contribution in [2.75, 3.05) is 32.1 Å². The molecule has 0 spiro atoms. The van der Waals surface area contributed by atoms with Gasteiger partial charge in [0, 0.05) is 24.7 Å². The first kappa shape index (κ1) is 18.8. The summed E-state index contributed by atoms with van der Waals surface area (Å²) < 4.78 is 31.5. The van der Waals surface area contributed by atoms with E-state index >= 15 is 0 Å². The minimum atomic E-state index is -3.87. The first-order valence-corrected chi connectivity index (χ1v) is 9.52. The van der Waals surface area contributed by atoms with Crippen molar-refractivity contribution in [3.05, 3.63) is 48.2 Å². The van der Waals surface area contributed by atoms with Crippen molar-refractivity contribution >= 4 is 27.5 Å². The Labute approximate surface area is 156 Å². The summed E-state index contributed by atoms with van der Waals surface area (Å²) in [4.78, 5) is 27.9. The lowest BCUT2D eigenvalue weighted by Gasteiger charge is -2.26. The molecule has 0 saturated carbocycles. The van der Waals surface area contributed by atoms with Crippen molar-refractivity contribution in [3.63, 3.8) is 0 Å². The van der Waals surface area contributed by atoms with Gasteiger partial charge in [-0.15, -0.1) is 0 Å². The molecular weight excluding hydrogens is 372 g/mol. The van der Waals surface area contributed by atoms with Gasteiger partial charge < -0.3 is 15.4 Å². The number of sulfonamides is 1. The first-order chi connectivity index (χ1) is 12.9. The van der Waals surface area contributed by atoms with Crippen LogP contribution in [-0.4, -0.2) is 56.3 Å². The van der Waals surface area contributed by atoms with E-state index in [-0.39, 0.29) is 36.0 Å². The Hall–Kier alpha value is -2.98. The Balaban J connectivity index is 1.79. The number of hydrogen-bond acceptors (Lipinski definition) is 6. The number of methoxy groups -OCH3 is 1. The fourth-order valence-electron chi connectivity index (χ4n) is 2.55. The molecule has 3 rings (SSSR count). The summed E-state index contributed by atoms with van der Waals surface area (Å²) in [7, 11) is -2.38. The summed E-state index contributed by atoms with van der Waals surface area (Å²) in [5, 5.41) is 5.22. The molecule has 0 aliphatic carbocycles. The molecule has 2 amide bonds. The van der Waals surface area contributed by atoms with Gasteiger partial charge in [-0.2, -0.15) is 4.31 Å². The number of benzene rings is 1. The Kier molecular flexibility index (Phi) is 5.38. The molecule has 1 fully saturated rings. The summed E-state index contributed by atoms with van der Waals surface area (Å²) in [6, 6.07) is 8.89. The van der Waals surface area contributed by atoms with E-state index in [4.69, 9.17) is 4.74 Å². The zero-order chi connectivity index (χ0) is 19.4. The lowest BCUT2D eigenvalue weighted by Crippen LogP contribution is -2.49. The third-order valence-corrected chi connectivity index (χ3v) is 5.78. The van der Waals surface area contributed by atoms with E-state index in [0.717, 1.165) is 4.31 Å².